The van der Waals surface area contributed by atoms with Gasteiger partial charge in [-0.15, -0.1) is 11.8 Å². The molecule has 1 aromatic carbocycles. The van der Waals surface area contributed by atoms with E-state index in [4.69, 9.17) is 0 Å². The number of carbonyl (C=O) groups excluding carboxylic acids is 5. The Bertz CT molecular complexity index is 1010. The summed E-state index contributed by atoms with van der Waals surface area (Å²) >= 11 is 1.27. The van der Waals surface area contributed by atoms with Gasteiger partial charge in [-0.3, -0.25) is 9.59 Å². The van der Waals surface area contributed by atoms with Crippen molar-refractivity contribution in [2.24, 2.45) is 0 Å². The molecule has 3 N–H and O–H groups in total. The Balaban J connectivity index is 0.00000306. The van der Waals surface area contributed by atoms with Crippen LogP contribution in [-0.2, 0) is 14.4 Å². The number of urea groups is 2. The van der Waals surface area contributed by atoms with Crippen LogP contribution >= 0.6 is 11.8 Å². The average Bonchev–Trinajstić information content (AvgIpc) is 3.29. The van der Waals surface area contributed by atoms with E-state index in [1.54, 1.807) is 44.2 Å². The number of hydrogen-bond acceptors (Lipinski definition) is 7. The van der Waals surface area contributed by atoms with E-state index in [2.05, 4.69) is 16.0 Å². The van der Waals surface area contributed by atoms with Crippen molar-refractivity contribution >= 4 is 41.6 Å². The summed E-state index contributed by atoms with van der Waals surface area (Å²) in [6.45, 7) is 3.89. The average molecular weight is 490 g/mol. The Morgan fingerprint density at radius 2 is 1.91 bits per heavy atom. The molecule has 0 spiro atoms. The van der Waals surface area contributed by atoms with Crippen molar-refractivity contribution in [1.82, 2.24) is 25.8 Å². The summed E-state index contributed by atoms with van der Waals surface area (Å²) in [5.41, 5.74) is 0.466. The number of imide groups is 1. The van der Waals surface area contributed by atoms with Gasteiger partial charge in [-0.1, -0.05) is 30.3 Å². The van der Waals surface area contributed by atoms with Crippen molar-refractivity contribution in [2.75, 3.05) is 13.1 Å². The van der Waals surface area contributed by atoms with Gasteiger partial charge in [-0.05, 0) is 19.4 Å². The van der Waals surface area contributed by atoms with Gasteiger partial charge in [0, 0.05) is 22.1 Å². The first-order valence-corrected chi connectivity index (χ1v) is 10.9. The van der Waals surface area contributed by atoms with Crippen LogP contribution in [0, 0.1) is 0 Å². The summed E-state index contributed by atoms with van der Waals surface area (Å²) in [4.78, 5) is 63.9. The standard InChI is InChI=1S/C20H23N5O6S.Na.3H2/c1-20(2)13(17(28)29)25-15(27)12(16(25)32-20)22-14(26)11(10-6-4-3-5-7-10)23-19(31)24-9-8-21-18(24)30;;;;/h3-7,11-13,16H,8-9H2,1-2H3,(H,21,30)(H,22,26)(H,23,31)(H,28,29);;3*1H/q;+1;;;/p-1/t11-,12?,13?,16+;;;;/m1..../s1. The minimum absolute atomic E-state index is 0. The number of hydrogen-bond donors (Lipinski definition) is 3. The Morgan fingerprint density at radius 1 is 1.24 bits per heavy atom. The molecule has 0 aliphatic carbocycles. The zero-order valence-corrected chi connectivity index (χ0v) is 21.2. The number of benzene rings is 1. The molecule has 0 radical (unpaired) electrons. The molecule has 3 fully saturated rings. The summed E-state index contributed by atoms with van der Waals surface area (Å²) in [6.07, 6.45) is 0. The maximum absolute atomic E-state index is 13.1. The molecule has 3 aliphatic rings. The third kappa shape index (κ3) is 4.57. The largest absolute Gasteiger partial charge is 1.00 e. The smallest absolute Gasteiger partial charge is 0.548 e. The second-order valence-corrected chi connectivity index (χ2v) is 10.0. The number of aliphatic carboxylic acids is 1. The van der Waals surface area contributed by atoms with Crippen LogP contribution in [0.25, 0.3) is 0 Å². The first-order valence-electron chi connectivity index (χ1n) is 10.0. The summed E-state index contributed by atoms with van der Waals surface area (Å²) in [5.74, 6) is -2.51. The third-order valence-corrected chi connectivity index (χ3v) is 7.30. The third-order valence-electron chi connectivity index (χ3n) is 5.73. The SMILES string of the molecule is CC1(C)S[C@H]2C(NC(=O)[C@H](NC(=O)N3CCNC3=O)c3ccccc3)C(=O)N2C1C(=O)[O-].[HH].[HH].[HH].[Na+]. The maximum Gasteiger partial charge on any atom is 1.00 e. The Kier molecular flexibility index (Phi) is 7.32. The molecule has 0 aromatic heterocycles. The number of carbonyl (C=O) groups is 5. The van der Waals surface area contributed by atoms with Gasteiger partial charge in [0.05, 0.1) is 12.0 Å². The van der Waals surface area contributed by atoms with Gasteiger partial charge in [0.15, 0.2) is 0 Å². The normalized spacial score (nSPS) is 25.8. The molecule has 33 heavy (non-hydrogen) atoms. The number of thioether (sulfide) groups is 1. The predicted octanol–water partition coefficient (Wildman–Crippen LogP) is -3.50. The number of carboxylic acid groups (broad SMARTS) is 1. The van der Waals surface area contributed by atoms with Gasteiger partial charge >= 0.3 is 41.6 Å². The Hall–Kier alpha value is -2.28. The molecule has 1 aromatic rings. The molecule has 0 saturated carbocycles. The van der Waals surface area contributed by atoms with Crippen LogP contribution in [0.3, 0.4) is 0 Å². The van der Waals surface area contributed by atoms with Crippen molar-refractivity contribution in [3.05, 3.63) is 35.9 Å². The van der Waals surface area contributed by atoms with Crippen LogP contribution in [0.4, 0.5) is 9.59 Å². The van der Waals surface area contributed by atoms with Crippen LogP contribution in [0.5, 0.6) is 0 Å². The number of carboxylic acids is 1. The molecule has 6 amide bonds. The quantitative estimate of drug-likeness (QED) is 0.287. The molecule has 176 valence electrons. The van der Waals surface area contributed by atoms with Crippen LogP contribution in [0.2, 0.25) is 0 Å². The number of amides is 6. The van der Waals surface area contributed by atoms with Crippen LogP contribution in [0.15, 0.2) is 30.3 Å². The van der Waals surface area contributed by atoms with Crippen LogP contribution in [-0.4, -0.2) is 74.9 Å². The van der Waals surface area contributed by atoms with Crippen molar-refractivity contribution < 1.29 is 62.9 Å². The fraction of sp³-hybridized carbons (Fsp3) is 0.450. The van der Waals surface area contributed by atoms with Crippen molar-refractivity contribution in [2.45, 2.75) is 42.1 Å². The molecule has 11 nitrogen and oxygen atoms in total. The fourth-order valence-electron chi connectivity index (χ4n) is 4.18. The summed E-state index contributed by atoms with van der Waals surface area (Å²) in [7, 11) is 0. The van der Waals surface area contributed by atoms with E-state index in [1.807, 2.05) is 0 Å². The van der Waals surface area contributed by atoms with E-state index in [-0.39, 0.29) is 40.4 Å². The van der Waals surface area contributed by atoms with Crippen LogP contribution in [0.1, 0.15) is 29.7 Å². The van der Waals surface area contributed by atoms with Crippen molar-refractivity contribution in [1.29, 1.82) is 0 Å². The Labute approximate surface area is 220 Å². The molecular weight excluding hydrogens is 461 g/mol. The van der Waals surface area contributed by atoms with E-state index < -0.39 is 58.1 Å². The second-order valence-electron chi connectivity index (χ2n) is 8.24. The van der Waals surface area contributed by atoms with E-state index >= 15 is 0 Å². The van der Waals surface area contributed by atoms with Gasteiger partial charge < -0.3 is 30.8 Å². The van der Waals surface area contributed by atoms with Gasteiger partial charge in [-0.25, -0.2) is 14.5 Å². The second kappa shape index (κ2) is 9.53. The number of β-lactam (4-membered cyclic amide) rings is 1. The first-order chi connectivity index (χ1) is 15.1. The van der Waals surface area contributed by atoms with Crippen molar-refractivity contribution in [3.8, 4) is 0 Å². The Morgan fingerprint density at radius 3 is 2.48 bits per heavy atom. The molecular formula is C20H28N5NaO6S. The number of nitrogens with zero attached hydrogens (tertiary/aromatic N) is 2. The minimum Gasteiger partial charge on any atom is -0.548 e. The molecule has 4 atom stereocenters. The van der Waals surface area contributed by atoms with Gasteiger partial charge in [-0.2, -0.15) is 0 Å². The molecule has 3 saturated heterocycles. The van der Waals surface area contributed by atoms with Gasteiger partial charge in [0.2, 0.25) is 11.8 Å². The molecule has 3 aliphatic heterocycles. The van der Waals surface area contributed by atoms with E-state index in [1.165, 1.54) is 16.7 Å². The zero-order valence-electron chi connectivity index (χ0n) is 18.4. The summed E-state index contributed by atoms with van der Waals surface area (Å²) < 4.78 is -0.783. The zero-order chi connectivity index (χ0) is 23.2. The van der Waals surface area contributed by atoms with Crippen LogP contribution < -0.4 is 50.6 Å². The molecule has 3 heterocycles. The van der Waals surface area contributed by atoms with E-state index in [9.17, 15) is 29.1 Å². The summed E-state index contributed by atoms with van der Waals surface area (Å²) in [6, 6.07) is 3.93. The predicted molar refractivity (Wildman–Crippen MR) is 117 cm³/mol. The van der Waals surface area contributed by atoms with E-state index in [0.29, 0.717) is 12.1 Å². The summed E-state index contributed by atoms with van der Waals surface area (Å²) in [5, 5.41) is 18.7. The van der Waals surface area contributed by atoms with Gasteiger partial charge in [0.25, 0.3) is 0 Å². The first kappa shape index (κ1) is 25.3. The number of nitrogens with one attached hydrogen (secondary N) is 3. The van der Waals surface area contributed by atoms with Crippen molar-refractivity contribution in [3.63, 3.8) is 0 Å². The number of fused-ring (bicyclic) bond motifs is 1. The monoisotopic (exact) mass is 489 g/mol. The topological polar surface area (TPSA) is 151 Å². The molecule has 4 rings (SSSR count). The molecule has 13 heteroatoms. The molecule has 0 bridgehead atoms. The maximum atomic E-state index is 13.1. The van der Waals surface area contributed by atoms with Gasteiger partial charge in [0.1, 0.15) is 17.5 Å². The number of rotatable bonds is 5. The van der Waals surface area contributed by atoms with E-state index in [0.717, 1.165) is 4.90 Å². The minimum atomic E-state index is -1.35. The molecule has 2 unspecified atom stereocenters. The fourth-order valence-corrected chi connectivity index (χ4v) is 5.80.